The first-order valence-corrected chi connectivity index (χ1v) is 15.9. The summed E-state index contributed by atoms with van der Waals surface area (Å²) in [6.45, 7) is 12.1. The van der Waals surface area contributed by atoms with E-state index in [1.807, 2.05) is 0 Å². The van der Waals surface area contributed by atoms with E-state index >= 15 is 0 Å². The predicted molar refractivity (Wildman–Crippen MR) is 148 cm³/mol. The summed E-state index contributed by atoms with van der Waals surface area (Å²) in [6.07, 6.45) is 6.78. The first-order valence-electron chi connectivity index (χ1n) is 15.9. The normalized spacial score (nSPS) is 36.9. The van der Waals surface area contributed by atoms with Crippen LogP contribution in [0.5, 0.6) is 0 Å². The minimum absolute atomic E-state index is 0.100. The van der Waals surface area contributed by atoms with Crippen LogP contribution in [0.4, 0.5) is 22.0 Å². The Morgan fingerprint density at radius 1 is 0.975 bits per heavy atom. The molecule has 0 aromatic heterocycles. The number of fused-ring (bicyclic) bond motifs is 5. The molecule has 0 amide bonds. The summed E-state index contributed by atoms with van der Waals surface area (Å²) in [5.74, 6) is -0.969. The lowest BCUT2D eigenvalue weighted by Crippen LogP contribution is -2.51. The number of esters is 1. The minimum atomic E-state index is -5.59. The molecule has 0 radical (unpaired) electrons. The van der Waals surface area contributed by atoms with Crippen LogP contribution in [-0.2, 0) is 9.53 Å². The van der Waals surface area contributed by atoms with Crippen molar-refractivity contribution >= 4 is 5.97 Å². The molecule has 0 aliphatic heterocycles. The second-order valence-electron chi connectivity index (χ2n) is 14.7. The summed E-state index contributed by atoms with van der Waals surface area (Å²) in [4.78, 5) is 12.3. The highest BCUT2D eigenvalue weighted by atomic mass is 19.4. The van der Waals surface area contributed by atoms with Crippen molar-refractivity contribution in [2.45, 2.75) is 143 Å². The molecule has 4 aliphatic carbocycles. The van der Waals surface area contributed by atoms with E-state index in [4.69, 9.17) is 4.74 Å². The molecule has 0 aromatic carbocycles. The van der Waals surface area contributed by atoms with Gasteiger partial charge in [0.05, 0.1) is 0 Å². The molecule has 7 heteroatoms. The van der Waals surface area contributed by atoms with Crippen LogP contribution >= 0.6 is 0 Å². The molecule has 4 rings (SSSR count). The molecule has 3 saturated carbocycles. The lowest BCUT2D eigenvalue weighted by molar-refractivity contribution is -0.284. The molecule has 230 valence electrons. The molecule has 4 aliphatic rings. The molecule has 0 bridgehead atoms. The number of rotatable bonds is 10. The Balaban J connectivity index is 1.33. The SMILES string of the molecule is CC(C)CCCC(C)C1CCC2C3CC=C4CC(OC(=O)CCCC(F)(F)C(F)(F)F)CCC4(C)C3CCC12C. The molecule has 2 nitrogen and oxygen atoms in total. The zero-order valence-electron chi connectivity index (χ0n) is 25.2. The molecule has 0 N–H and O–H groups in total. The van der Waals surface area contributed by atoms with E-state index in [1.54, 1.807) is 0 Å². The van der Waals surface area contributed by atoms with Gasteiger partial charge in [-0.1, -0.05) is 65.5 Å². The van der Waals surface area contributed by atoms with Gasteiger partial charge in [-0.2, -0.15) is 22.0 Å². The van der Waals surface area contributed by atoms with Gasteiger partial charge in [0.25, 0.3) is 0 Å². The van der Waals surface area contributed by atoms with E-state index in [-0.39, 0.29) is 11.5 Å². The molecule has 0 saturated heterocycles. The van der Waals surface area contributed by atoms with Gasteiger partial charge in [0.2, 0.25) is 0 Å². The summed E-state index contributed by atoms with van der Waals surface area (Å²) in [6, 6.07) is 0. The van der Waals surface area contributed by atoms with E-state index in [0.717, 1.165) is 42.9 Å². The van der Waals surface area contributed by atoms with Crippen LogP contribution in [0.2, 0.25) is 0 Å². The van der Waals surface area contributed by atoms with Crippen molar-refractivity contribution in [2.24, 2.45) is 46.3 Å². The quantitative estimate of drug-likeness (QED) is 0.147. The van der Waals surface area contributed by atoms with Gasteiger partial charge in [-0.25, -0.2) is 0 Å². The third kappa shape index (κ3) is 6.28. The topological polar surface area (TPSA) is 26.3 Å². The van der Waals surface area contributed by atoms with Gasteiger partial charge >= 0.3 is 18.1 Å². The molecule has 8 atom stereocenters. The Bertz CT molecular complexity index is 926. The number of hydrogen-bond acceptors (Lipinski definition) is 2. The fraction of sp³-hybridized carbons (Fsp3) is 0.909. The zero-order chi connectivity index (χ0) is 29.5. The second-order valence-corrected chi connectivity index (χ2v) is 14.7. The van der Waals surface area contributed by atoms with Gasteiger partial charge in [-0.3, -0.25) is 4.79 Å². The Hall–Kier alpha value is -1.14. The Morgan fingerprint density at radius 2 is 1.70 bits per heavy atom. The molecule has 8 unspecified atom stereocenters. The summed E-state index contributed by atoms with van der Waals surface area (Å²) in [5, 5.41) is 0. The van der Waals surface area contributed by atoms with Crippen LogP contribution in [0.25, 0.3) is 0 Å². The van der Waals surface area contributed by atoms with E-state index in [9.17, 15) is 26.7 Å². The second kappa shape index (κ2) is 11.9. The summed E-state index contributed by atoms with van der Waals surface area (Å²) >= 11 is 0. The van der Waals surface area contributed by atoms with Crippen molar-refractivity contribution in [2.75, 3.05) is 0 Å². The van der Waals surface area contributed by atoms with E-state index in [0.29, 0.717) is 23.7 Å². The van der Waals surface area contributed by atoms with Crippen LogP contribution in [0.1, 0.15) is 125 Å². The number of alkyl halides is 5. The molecular weight excluding hydrogens is 523 g/mol. The maximum Gasteiger partial charge on any atom is 0.453 e. The highest BCUT2D eigenvalue weighted by molar-refractivity contribution is 5.69. The molecule has 40 heavy (non-hydrogen) atoms. The van der Waals surface area contributed by atoms with Crippen LogP contribution in [0.3, 0.4) is 0 Å². The van der Waals surface area contributed by atoms with Gasteiger partial charge in [-0.05, 0) is 97.7 Å². The molecule has 0 spiro atoms. The van der Waals surface area contributed by atoms with Gasteiger partial charge in [0.15, 0.2) is 0 Å². The number of hydrogen-bond donors (Lipinski definition) is 0. The van der Waals surface area contributed by atoms with E-state index in [1.165, 1.54) is 50.5 Å². The third-order valence-electron chi connectivity index (χ3n) is 11.8. The van der Waals surface area contributed by atoms with Crippen LogP contribution < -0.4 is 0 Å². The lowest BCUT2D eigenvalue weighted by atomic mass is 9.47. The summed E-state index contributed by atoms with van der Waals surface area (Å²) in [5.41, 5.74) is 1.89. The maximum absolute atomic E-state index is 13.2. The van der Waals surface area contributed by atoms with Crippen molar-refractivity contribution in [1.29, 1.82) is 0 Å². The maximum atomic E-state index is 13.2. The van der Waals surface area contributed by atoms with Crippen molar-refractivity contribution in [3.8, 4) is 0 Å². The first kappa shape index (κ1) is 31.8. The van der Waals surface area contributed by atoms with Crippen molar-refractivity contribution < 1.29 is 31.5 Å². The van der Waals surface area contributed by atoms with Gasteiger partial charge in [0, 0.05) is 19.3 Å². The zero-order valence-corrected chi connectivity index (χ0v) is 25.2. The molecule has 3 fully saturated rings. The first-order chi connectivity index (χ1) is 18.6. The largest absolute Gasteiger partial charge is 0.462 e. The fourth-order valence-electron chi connectivity index (χ4n) is 9.59. The standard InChI is InChI=1S/C33H51F5O2/c1-21(2)8-6-9-22(3)26-13-14-27-25-12-11-23-20-24(15-18-30(23,4)28(25)16-19-31(26,27)5)40-29(39)10-7-17-32(34,35)33(36,37)38/h11,21-22,24-28H,6-10,12-20H2,1-5H3. The number of carbonyl (C=O) groups excluding carboxylic acids is 1. The monoisotopic (exact) mass is 574 g/mol. The Morgan fingerprint density at radius 3 is 2.38 bits per heavy atom. The third-order valence-corrected chi connectivity index (χ3v) is 11.8. The van der Waals surface area contributed by atoms with Gasteiger partial charge < -0.3 is 4.74 Å². The van der Waals surface area contributed by atoms with Crippen LogP contribution in [0.15, 0.2) is 11.6 Å². The number of carbonyl (C=O) groups is 1. The van der Waals surface area contributed by atoms with Crippen LogP contribution in [-0.4, -0.2) is 24.2 Å². The average molecular weight is 575 g/mol. The molecule has 0 heterocycles. The van der Waals surface area contributed by atoms with Gasteiger partial charge in [-0.15, -0.1) is 0 Å². The van der Waals surface area contributed by atoms with E-state index < -0.39 is 37.3 Å². The molecule has 0 aromatic rings. The Labute approximate surface area is 238 Å². The van der Waals surface area contributed by atoms with E-state index in [2.05, 4.69) is 40.7 Å². The highest BCUT2D eigenvalue weighted by Crippen LogP contribution is 2.67. The average Bonchev–Trinajstić information content (AvgIpc) is 3.20. The number of halogens is 5. The summed E-state index contributed by atoms with van der Waals surface area (Å²) < 4.78 is 69.1. The fourth-order valence-corrected chi connectivity index (χ4v) is 9.59. The van der Waals surface area contributed by atoms with Crippen molar-refractivity contribution in [3.05, 3.63) is 11.6 Å². The van der Waals surface area contributed by atoms with Crippen molar-refractivity contribution in [3.63, 3.8) is 0 Å². The van der Waals surface area contributed by atoms with Crippen molar-refractivity contribution in [1.82, 2.24) is 0 Å². The summed E-state index contributed by atoms with van der Waals surface area (Å²) in [7, 11) is 0. The lowest BCUT2D eigenvalue weighted by Gasteiger charge is -2.58. The Kier molecular flexibility index (Phi) is 9.42. The molecular formula is C33H51F5O2. The van der Waals surface area contributed by atoms with Crippen LogP contribution in [0, 0.1) is 46.3 Å². The highest BCUT2D eigenvalue weighted by Gasteiger charge is 2.59. The number of allylic oxidation sites excluding steroid dienone is 1. The minimum Gasteiger partial charge on any atom is -0.462 e. The predicted octanol–water partition coefficient (Wildman–Crippen LogP) is 10.3. The van der Waals surface area contributed by atoms with Gasteiger partial charge in [0.1, 0.15) is 6.10 Å². The smallest absolute Gasteiger partial charge is 0.453 e. The number of ether oxygens (including phenoxy) is 1.